The number of epoxide rings is 1. The van der Waals surface area contributed by atoms with Crippen LogP contribution >= 0.6 is 0 Å². The van der Waals surface area contributed by atoms with Crippen LogP contribution in [0, 0.1) is 39.9 Å². The summed E-state index contributed by atoms with van der Waals surface area (Å²) in [6.45, 7) is 4.60. The summed E-state index contributed by atoms with van der Waals surface area (Å²) < 4.78 is 6.11. The van der Waals surface area contributed by atoms with Crippen molar-refractivity contribution >= 4 is 0 Å². The van der Waals surface area contributed by atoms with Crippen LogP contribution < -0.4 is 0 Å². The smallest absolute Gasteiger partial charge is 0.146 e. The van der Waals surface area contributed by atoms with Crippen LogP contribution in [0.1, 0.15) is 58.8 Å². The number of fused-ring (bicyclic) bond motifs is 4. The van der Waals surface area contributed by atoms with Gasteiger partial charge in [0.15, 0.2) is 0 Å². The Hall–Kier alpha value is -1.05. The minimum absolute atomic E-state index is 0.0489. The quantitative estimate of drug-likeness (QED) is 0.667. The lowest BCUT2D eigenvalue weighted by Crippen LogP contribution is -2.57. The number of allylic oxidation sites excluding steroid dienone is 1. The number of ether oxygens (including phenoxy) is 1. The van der Waals surface area contributed by atoms with Gasteiger partial charge in [-0.1, -0.05) is 13.8 Å². The van der Waals surface area contributed by atoms with E-state index in [2.05, 4.69) is 19.9 Å². The van der Waals surface area contributed by atoms with E-state index >= 15 is 0 Å². The van der Waals surface area contributed by atoms with Gasteiger partial charge in [-0.05, 0) is 68.1 Å². The highest BCUT2D eigenvalue weighted by atomic mass is 16.6. The highest BCUT2D eigenvalue weighted by molar-refractivity contribution is 5.41. The molecule has 4 aliphatic carbocycles. The molecule has 4 heteroatoms. The lowest BCUT2D eigenvalue weighted by atomic mass is 9.45. The van der Waals surface area contributed by atoms with Crippen LogP contribution in [0.4, 0.5) is 0 Å². The van der Waals surface area contributed by atoms with Gasteiger partial charge in [0, 0.05) is 5.41 Å². The summed E-state index contributed by atoms with van der Waals surface area (Å²) in [5.74, 6) is 1.96. The first-order valence-electron chi connectivity index (χ1n) is 9.55. The fourth-order valence-electron chi connectivity index (χ4n) is 7.50. The average Bonchev–Trinajstić information content (AvgIpc) is 3.23. The van der Waals surface area contributed by atoms with Crippen molar-refractivity contribution in [2.24, 2.45) is 28.6 Å². The number of hydrogen-bond acceptors (Lipinski definition) is 4. The van der Waals surface area contributed by atoms with Crippen LogP contribution in [0.15, 0.2) is 11.3 Å². The monoisotopic (exact) mass is 329 g/mol. The summed E-state index contributed by atoms with van der Waals surface area (Å²) in [4.78, 5) is 0. The number of rotatable bonds is 0. The van der Waals surface area contributed by atoms with Gasteiger partial charge in [0.25, 0.3) is 0 Å². The minimum atomic E-state index is -0.241. The first-order chi connectivity index (χ1) is 11.4. The van der Waals surface area contributed by atoms with Gasteiger partial charge in [0.1, 0.15) is 17.5 Å². The largest absolute Gasteiger partial charge is 0.508 e. The van der Waals surface area contributed by atoms with Gasteiger partial charge < -0.3 is 14.9 Å². The topological polar surface area (TPSA) is 76.8 Å². The van der Waals surface area contributed by atoms with Crippen molar-refractivity contribution in [1.29, 1.82) is 5.26 Å². The molecule has 1 aliphatic heterocycles. The average molecular weight is 329 g/mol. The van der Waals surface area contributed by atoms with Gasteiger partial charge >= 0.3 is 0 Å². The van der Waals surface area contributed by atoms with Gasteiger partial charge in [-0.2, -0.15) is 5.26 Å². The number of nitrogens with zero attached hydrogens (tertiary/aromatic N) is 1. The van der Waals surface area contributed by atoms with E-state index in [-0.39, 0.29) is 34.4 Å². The molecule has 3 saturated carbocycles. The summed E-state index contributed by atoms with van der Waals surface area (Å²) in [7, 11) is 0. The van der Waals surface area contributed by atoms with E-state index in [0.717, 1.165) is 38.5 Å². The summed E-state index contributed by atoms with van der Waals surface area (Å²) in [6.07, 6.45) is 6.65. The summed E-state index contributed by atoms with van der Waals surface area (Å²) in [5.41, 5.74) is 0.336. The Morgan fingerprint density at radius 3 is 2.67 bits per heavy atom. The molecule has 2 N–H and O–H groups in total. The molecule has 1 saturated heterocycles. The Kier molecular flexibility index (Phi) is 2.77. The van der Waals surface area contributed by atoms with Crippen molar-refractivity contribution in [3.05, 3.63) is 11.3 Å². The number of aliphatic hydroxyl groups excluding tert-OH is 2. The molecule has 4 nitrogen and oxygen atoms in total. The van der Waals surface area contributed by atoms with Crippen molar-refractivity contribution in [3.8, 4) is 6.07 Å². The Morgan fingerprint density at radius 2 is 1.92 bits per heavy atom. The van der Waals surface area contributed by atoms with Crippen molar-refractivity contribution < 1.29 is 14.9 Å². The summed E-state index contributed by atoms with van der Waals surface area (Å²) >= 11 is 0. The molecule has 130 valence electrons. The van der Waals surface area contributed by atoms with E-state index < -0.39 is 0 Å². The molecule has 0 bridgehead atoms. The van der Waals surface area contributed by atoms with Crippen molar-refractivity contribution in [1.82, 2.24) is 0 Å². The molecule has 1 heterocycles. The molecule has 0 aromatic rings. The van der Waals surface area contributed by atoms with E-state index in [4.69, 9.17) is 4.74 Å². The highest BCUT2D eigenvalue weighted by Gasteiger charge is 2.76. The van der Waals surface area contributed by atoms with E-state index in [9.17, 15) is 15.5 Å². The van der Waals surface area contributed by atoms with E-state index in [0.29, 0.717) is 29.7 Å². The fourth-order valence-corrected chi connectivity index (χ4v) is 7.50. The van der Waals surface area contributed by atoms with Crippen molar-refractivity contribution in [2.75, 3.05) is 0 Å². The Balaban J connectivity index is 1.55. The molecule has 5 aliphatic rings. The van der Waals surface area contributed by atoms with Gasteiger partial charge in [-0.3, -0.25) is 0 Å². The molecule has 24 heavy (non-hydrogen) atoms. The van der Waals surface area contributed by atoms with Crippen LogP contribution in [0.2, 0.25) is 0 Å². The molecule has 0 aromatic heterocycles. The molecular weight excluding hydrogens is 302 g/mol. The second-order valence-corrected chi connectivity index (χ2v) is 9.51. The van der Waals surface area contributed by atoms with Crippen molar-refractivity contribution in [2.45, 2.75) is 76.6 Å². The Morgan fingerprint density at radius 1 is 1.12 bits per heavy atom. The fraction of sp³-hybridized carbons (Fsp3) is 0.850. The zero-order valence-electron chi connectivity index (χ0n) is 14.6. The molecular formula is C20H27NO3. The zero-order chi connectivity index (χ0) is 16.9. The predicted octanol–water partition coefficient (Wildman–Crippen LogP) is 3.47. The van der Waals surface area contributed by atoms with Crippen LogP contribution in [0.3, 0.4) is 0 Å². The van der Waals surface area contributed by atoms with Gasteiger partial charge in [0.2, 0.25) is 0 Å². The van der Waals surface area contributed by atoms with Crippen LogP contribution in [0.5, 0.6) is 0 Å². The second kappa shape index (κ2) is 4.37. The molecule has 0 radical (unpaired) electrons. The predicted molar refractivity (Wildman–Crippen MR) is 87.9 cm³/mol. The molecule has 1 unspecified atom stereocenters. The normalized spacial score (nSPS) is 58.2. The second-order valence-electron chi connectivity index (χ2n) is 9.51. The van der Waals surface area contributed by atoms with Crippen LogP contribution in [-0.2, 0) is 4.74 Å². The molecule has 1 spiro atoms. The molecule has 0 amide bonds. The molecule has 5 rings (SSSR count). The third-order valence-corrected chi connectivity index (χ3v) is 8.95. The highest BCUT2D eigenvalue weighted by Crippen LogP contribution is 2.73. The standard InChI is InChI=1S/C20H27NO3/c1-18-7-6-14-12(13(18)3-4-15(18)22)5-8-20-17(24-20)16(23)11(10-21)9-19(14,20)2/h12-15,17,22-23H,3-9H2,1-2H3/t12-,13-,14-,15-,17?,18-,19+,20-/m0/s1. The summed E-state index contributed by atoms with van der Waals surface area (Å²) in [6, 6.07) is 2.23. The maximum atomic E-state index is 10.5. The van der Waals surface area contributed by atoms with E-state index in [1.54, 1.807) is 0 Å². The van der Waals surface area contributed by atoms with E-state index in [1.165, 1.54) is 0 Å². The van der Waals surface area contributed by atoms with Gasteiger partial charge in [-0.25, -0.2) is 0 Å². The number of nitriles is 1. The number of aliphatic hydroxyl groups is 2. The molecule has 0 aromatic carbocycles. The first-order valence-corrected chi connectivity index (χ1v) is 9.55. The van der Waals surface area contributed by atoms with Gasteiger partial charge in [0.05, 0.1) is 17.7 Å². The number of hydrogen-bond donors (Lipinski definition) is 2. The molecule has 8 atom stereocenters. The summed E-state index contributed by atoms with van der Waals surface area (Å²) in [5, 5.41) is 30.4. The third-order valence-electron chi connectivity index (χ3n) is 8.95. The lowest BCUT2D eigenvalue weighted by Gasteiger charge is -2.58. The van der Waals surface area contributed by atoms with Crippen LogP contribution in [-0.4, -0.2) is 28.0 Å². The maximum absolute atomic E-state index is 10.5. The third kappa shape index (κ3) is 1.48. The Labute approximate surface area is 143 Å². The van der Waals surface area contributed by atoms with E-state index in [1.807, 2.05) is 0 Å². The Bertz CT molecular complexity index is 681. The van der Waals surface area contributed by atoms with Crippen LogP contribution in [0.25, 0.3) is 0 Å². The lowest BCUT2D eigenvalue weighted by molar-refractivity contribution is -0.116. The van der Waals surface area contributed by atoms with Gasteiger partial charge in [-0.15, -0.1) is 0 Å². The zero-order valence-corrected chi connectivity index (χ0v) is 14.6. The first kappa shape index (κ1) is 15.2. The SMILES string of the molecule is C[C@]12CC[C@H]3[C@@H](CC[C@]45OC4C(O)=C(C#N)C[C@]35C)[C@@H]1CC[C@@H]2O. The molecule has 4 fully saturated rings. The minimum Gasteiger partial charge on any atom is -0.508 e. The maximum Gasteiger partial charge on any atom is 0.146 e. The van der Waals surface area contributed by atoms with Crippen molar-refractivity contribution in [3.63, 3.8) is 0 Å².